The van der Waals surface area contributed by atoms with Crippen LogP contribution in [0.2, 0.25) is 0 Å². The number of benzene rings is 4. The van der Waals surface area contributed by atoms with Crippen molar-refractivity contribution in [1.29, 1.82) is 0 Å². The Hall–Kier alpha value is -4.75. The Morgan fingerprint density at radius 3 is 2.52 bits per heavy atom. The number of halogens is 1. The van der Waals surface area contributed by atoms with Crippen LogP contribution in [0.1, 0.15) is 29.5 Å². The molecule has 0 saturated carbocycles. The largest absolute Gasteiger partial charge is 0.494 e. The number of rotatable bonds is 5. The zero-order chi connectivity index (χ0) is 27.2. The molecule has 0 fully saturated rings. The quantitative estimate of drug-likeness (QED) is 0.245. The van der Waals surface area contributed by atoms with Crippen LogP contribution >= 0.6 is 11.3 Å². The Bertz CT molecular complexity index is 2030. The van der Waals surface area contributed by atoms with E-state index in [-0.39, 0.29) is 17.3 Å². The van der Waals surface area contributed by atoms with Crippen LogP contribution in [0, 0.1) is 5.82 Å². The molecule has 0 radical (unpaired) electrons. The first kappa shape index (κ1) is 24.3. The Morgan fingerprint density at radius 2 is 1.73 bits per heavy atom. The zero-order valence-corrected chi connectivity index (χ0v) is 22.3. The summed E-state index contributed by atoms with van der Waals surface area (Å²) < 4.78 is 28.4. The van der Waals surface area contributed by atoms with Gasteiger partial charge in [0.1, 0.15) is 23.1 Å². The van der Waals surface area contributed by atoms with Crippen molar-refractivity contribution in [2.75, 3.05) is 6.61 Å². The van der Waals surface area contributed by atoms with E-state index in [9.17, 15) is 9.18 Å². The maximum absolute atomic E-state index is 14.0. The number of nitrogens with zero attached hydrogens (tertiary/aromatic N) is 2. The van der Waals surface area contributed by atoms with Gasteiger partial charge in [0, 0.05) is 22.6 Å². The lowest BCUT2D eigenvalue weighted by Crippen LogP contribution is -2.24. The third kappa shape index (κ3) is 4.06. The van der Waals surface area contributed by atoms with Crippen LogP contribution in [0.4, 0.5) is 4.39 Å². The minimum atomic E-state index is -0.307. The van der Waals surface area contributed by atoms with Crippen molar-refractivity contribution >= 4 is 39.2 Å². The van der Waals surface area contributed by atoms with Gasteiger partial charge in [0.15, 0.2) is 4.96 Å². The second kappa shape index (κ2) is 9.77. The van der Waals surface area contributed by atoms with E-state index in [0.29, 0.717) is 27.6 Å². The molecule has 5 nitrogen and oxygen atoms in total. The molecule has 7 heteroatoms. The molecule has 196 valence electrons. The highest BCUT2D eigenvalue weighted by Gasteiger charge is 2.31. The highest BCUT2D eigenvalue weighted by atomic mass is 32.1. The summed E-state index contributed by atoms with van der Waals surface area (Å²) in [5.41, 5.74) is 4.91. The zero-order valence-electron chi connectivity index (χ0n) is 21.5. The summed E-state index contributed by atoms with van der Waals surface area (Å²) in [6, 6.07) is 29.7. The van der Waals surface area contributed by atoms with Gasteiger partial charge in [-0.05, 0) is 73.2 Å². The second-order valence-electron chi connectivity index (χ2n) is 9.50. The molecule has 40 heavy (non-hydrogen) atoms. The number of para-hydroxylation sites is 3. The van der Waals surface area contributed by atoms with Crippen molar-refractivity contribution in [3.05, 3.63) is 140 Å². The van der Waals surface area contributed by atoms with Crippen molar-refractivity contribution in [2.45, 2.75) is 12.8 Å². The molecule has 0 amide bonds. The molecule has 2 aromatic heterocycles. The molecule has 6 aromatic rings. The van der Waals surface area contributed by atoms with E-state index in [4.69, 9.17) is 9.47 Å². The van der Waals surface area contributed by atoms with Crippen molar-refractivity contribution in [3.8, 4) is 11.5 Å². The topological polar surface area (TPSA) is 52.8 Å². The fourth-order valence-electron chi connectivity index (χ4n) is 5.29. The first-order valence-corrected chi connectivity index (χ1v) is 13.8. The lowest BCUT2D eigenvalue weighted by atomic mass is 9.81. The Morgan fingerprint density at radius 1 is 0.975 bits per heavy atom. The SMILES string of the molecule is CCOc1ccc(C2=C(/C=c3/sc4nc5ccccc5n4c3=O)[C@H](c3ccc(F)cc3)c3ccccc3O2)cc1. The van der Waals surface area contributed by atoms with Gasteiger partial charge in [-0.1, -0.05) is 53.8 Å². The molecule has 3 heterocycles. The van der Waals surface area contributed by atoms with E-state index in [1.165, 1.54) is 23.5 Å². The molecular weight excluding hydrogens is 523 g/mol. The number of aromatic nitrogens is 2. The standard InChI is InChI=1S/C33H23FN2O3S/c1-2-38-23-17-13-21(14-18-23)31-25(19-29-32(37)36-27-9-5-4-8-26(27)35-33(36)40-29)30(20-11-15-22(34)16-12-20)24-7-3-6-10-28(24)39-31/h3-19,30H,2H2,1H3/b29-19+/t30-/m1/s1. The van der Waals surface area contributed by atoms with Crippen LogP contribution in [-0.2, 0) is 0 Å². The summed E-state index contributed by atoms with van der Waals surface area (Å²) in [6.45, 7) is 2.51. The van der Waals surface area contributed by atoms with Crippen molar-refractivity contribution in [3.63, 3.8) is 0 Å². The number of fused-ring (bicyclic) bond motifs is 4. The Balaban J connectivity index is 1.51. The van der Waals surface area contributed by atoms with Gasteiger partial charge in [-0.15, -0.1) is 0 Å². The van der Waals surface area contributed by atoms with E-state index in [2.05, 4.69) is 4.98 Å². The summed E-state index contributed by atoms with van der Waals surface area (Å²) >= 11 is 1.34. The highest BCUT2D eigenvalue weighted by molar-refractivity contribution is 7.15. The van der Waals surface area contributed by atoms with Crippen LogP contribution in [0.3, 0.4) is 0 Å². The average Bonchev–Trinajstić information content (AvgIpc) is 3.49. The molecule has 4 aromatic carbocycles. The molecule has 0 unspecified atom stereocenters. The average molecular weight is 547 g/mol. The molecule has 0 aliphatic carbocycles. The van der Waals surface area contributed by atoms with Crippen LogP contribution in [-0.4, -0.2) is 16.0 Å². The van der Waals surface area contributed by atoms with Crippen LogP contribution in [0.15, 0.2) is 107 Å². The number of ether oxygens (including phenoxy) is 2. The van der Waals surface area contributed by atoms with Crippen molar-refractivity contribution in [2.24, 2.45) is 0 Å². The predicted molar refractivity (Wildman–Crippen MR) is 156 cm³/mol. The van der Waals surface area contributed by atoms with Gasteiger partial charge < -0.3 is 9.47 Å². The van der Waals surface area contributed by atoms with Gasteiger partial charge in [0.2, 0.25) is 0 Å². The van der Waals surface area contributed by atoms with Gasteiger partial charge in [-0.3, -0.25) is 4.79 Å². The summed E-state index contributed by atoms with van der Waals surface area (Å²) in [5.74, 6) is 1.51. The molecular formula is C33H23FN2O3S. The summed E-state index contributed by atoms with van der Waals surface area (Å²) in [6.07, 6.45) is 1.91. The monoisotopic (exact) mass is 546 g/mol. The number of hydrogen-bond donors (Lipinski definition) is 0. The molecule has 1 aliphatic rings. The van der Waals surface area contributed by atoms with Crippen molar-refractivity contribution < 1.29 is 13.9 Å². The number of thiazole rings is 1. The van der Waals surface area contributed by atoms with Crippen LogP contribution in [0.5, 0.6) is 11.5 Å². The molecule has 0 spiro atoms. The van der Waals surface area contributed by atoms with Gasteiger partial charge in [-0.25, -0.2) is 13.8 Å². The summed E-state index contributed by atoms with van der Waals surface area (Å²) in [4.78, 5) is 19.1. The number of allylic oxidation sites excluding steroid dienone is 1. The van der Waals surface area contributed by atoms with Crippen LogP contribution in [0.25, 0.3) is 27.8 Å². The van der Waals surface area contributed by atoms with Gasteiger partial charge in [-0.2, -0.15) is 0 Å². The fraction of sp³-hybridized carbons (Fsp3) is 0.0909. The lowest BCUT2D eigenvalue weighted by Gasteiger charge is -2.30. The minimum absolute atomic E-state index is 0.135. The maximum Gasteiger partial charge on any atom is 0.274 e. The lowest BCUT2D eigenvalue weighted by molar-refractivity contribution is 0.340. The van der Waals surface area contributed by atoms with E-state index >= 15 is 0 Å². The summed E-state index contributed by atoms with van der Waals surface area (Å²) in [7, 11) is 0. The van der Waals surface area contributed by atoms with E-state index in [1.807, 2.05) is 85.8 Å². The minimum Gasteiger partial charge on any atom is -0.494 e. The van der Waals surface area contributed by atoms with E-state index in [0.717, 1.165) is 39.0 Å². The molecule has 7 rings (SSSR count). The van der Waals surface area contributed by atoms with E-state index < -0.39 is 0 Å². The Labute approximate surface area is 233 Å². The Kier molecular flexibility index (Phi) is 5.94. The highest BCUT2D eigenvalue weighted by Crippen LogP contribution is 2.46. The van der Waals surface area contributed by atoms with Gasteiger partial charge in [0.05, 0.1) is 22.2 Å². The predicted octanol–water partition coefficient (Wildman–Crippen LogP) is 6.58. The molecule has 0 bridgehead atoms. The van der Waals surface area contributed by atoms with Crippen molar-refractivity contribution in [1.82, 2.24) is 9.38 Å². The first-order valence-electron chi connectivity index (χ1n) is 13.0. The smallest absolute Gasteiger partial charge is 0.274 e. The maximum atomic E-state index is 14.0. The summed E-state index contributed by atoms with van der Waals surface area (Å²) in [5, 5.41) is 0. The molecule has 0 N–H and O–H groups in total. The fourth-order valence-corrected chi connectivity index (χ4v) is 6.27. The van der Waals surface area contributed by atoms with E-state index in [1.54, 1.807) is 16.5 Å². The number of hydrogen-bond acceptors (Lipinski definition) is 5. The van der Waals surface area contributed by atoms with Crippen LogP contribution < -0.4 is 19.6 Å². The molecule has 0 saturated heterocycles. The molecule has 1 atom stereocenters. The molecule has 1 aliphatic heterocycles. The van der Waals surface area contributed by atoms with Gasteiger partial charge >= 0.3 is 0 Å². The third-order valence-corrected chi connectivity index (χ3v) is 8.05. The normalized spacial score (nSPS) is 15.4. The number of imidazole rings is 1. The second-order valence-corrected chi connectivity index (χ2v) is 10.5. The van der Waals surface area contributed by atoms with Gasteiger partial charge in [0.25, 0.3) is 5.56 Å². The first-order chi connectivity index (χ1) is 19.6. The third-order valence-electron chi connectivity index (χ3n) is 7.08.